The number of hydrogen-bond donors (Lipinski definition) is 2. The molecule has 11 heteroatoms. The van der Waals surface area contributed by atoms with E-state index in [0.717, 1.165) is 44.7 Å². The van der Waals surface area contributed by atoms with Gasteiger partial charge in [0, 0.05) is 33.8 Å². The van der Waals surface area contributed by atoms with Crippen LogP contribution in [-0.4, -0.2) is 28.8 Å². The SMILES string of the molecule is O=S1(=O)NC(O)=CN1c1cccc(-n2cc(-c3ccc(Cl)cc3Cl)nc2Cc2ccc(-c3cccc(SCCC4CCCCC4)c3)cc2)c1. The second kappa shape index (κ2) is 14.5. The monoisotopic (exact) mass is 730 g/mol. The molecule has 1 fully saturated rings. The Morgan fingerprint density at radius 3 is 2.41 bits per heavy atom. The van der Waals surface area contributed by atoms with Crippen molar-refractivity contribution in [3.05, 3.63) is 131 Å². The first-order valence-electron chi connectivity index (χ1n) is 16.4. The highest BCUT2D eigenvalue weighted by Crippen LogP contribution is 2.34. The van der Waals surface area contributed by atoms with Crippen LogP contribution in [0.3, 0.4) is 0 Å². The molecule has 252 valence electrons. The normalized spacial score (nSPS) is 16.0. The molecule has 1 saturated carbocycles. The number of anilines is 1. The Balaban J connectivity index is 1.15. The Labute approximate surface area is 301 Å². The molecule has 5 aromatic rings. The van der Waals surface area contributed by atoms with Crippen molar-refractivity contribution in [2.75, 3.05) is 10.1 Å². The molecular weight excluding hydrogens is 695 g/mol. The average molecular weight is 732 g/mol. The first-order valence-corrected chi connectivity index (χ1v) is 19.6. The Kier molecular flexibility index (Phi) is 9.96. The number of thioether (sulfide) groups is 1. The Morgan fingerprint density at radius 2 is 1.65 bits per heavy atom. The van der Waals surface area contributed by atoms with Crippen molar-refractivity contribution < 1.29 is 13.5 Å². The highest BCUT2D eigenvalue weighted by Gasteiger charge is 2.29. The van der Waals surface area contributed by atoms with Crippen LogP contribution in [0.5, 0.6) is 0 Å². The third-order valence-electron chi connectivity index (χ3n) is 9.08. The fraction of sp³-hybridized carbons (Fsp3) is 0.237. The summed E-state index contributed by atoms with van der Waals surface area (Å²) in [5.74, 6) is 2.34. The van der Waals surface area contributed by atoms with E-state index in [0.29, 0.717) is 33.5 Å². The van der Waals surface area contributed by atoms with Crippen molar-refractivity contribution in [1.29, 1.82) is 0 Å². The molecule has 0 saturated heterocycles. The van der Waals surface area contributed by atoms with Crippen LogP contribution in [0.25, 0.3) is 28.1 Å². The maximum atomic E-state index is 12.6. The van der Waals surface area contributed by atoms with Gasteiger partial charge in [0.25, 0.3) is 0 Å². The molecule has 0 unspecified atom stereocenters. The van der Waals surface area contributed by atoms with E-state index < -0.39 is 16.1 Å². The molecule has 0 bridgehead atoms. The summed E-state index contributed by atoms with van der Waals surface area (Å²) in [7, 11) is -3.95. The molecule has 1 aliphatic heterocycles. The lowest BCUT2D eigenvalue weighted by Crippen LogP contribution is -2.29. The number of aromatic nitrogens is 2. The minimum atomic E-state index is -3.95. The number of rotatable bonds is 10. The molecule has 49 heavy (non-hydrogen) atoms. The first kappa shape index (κ1) is 33.6. The molecule has 1 aromatic heterocycles. The van der Waals surface area contributed by atoms with E-state index in [1.54, 1.807) is 30.3 Å². The van der Waals surface area contributed by atoms with Crippen LogP contribution in [-0.2, 0) is 16.6 Å². The van der Waals surface area contributed by atoms with Crippen LogP contribution >= 0.6 is 35.0 Å². The predicted molar refractivity (Wildman–Crippen MR) is 201 cm³/mol. The van der Waals surface area contributed by atoms with E-state index in [1.807, 2.05) is 34.7 Å². The lowest BCUT2D eigenvalue weighted by atomic mass is 9.88. The number of hydrogen-bond acceptors (Lipinski definition) is 5. The number of aliphatic hydroxyl groups is 1. The van der Waals surface area contributed by atoms with Gasteiger partial charge in [0.15, 0.2) is 0 Å². The quantitative estimate of drug-likeness (QED) is 0.140. The highest BCUT2D eigenvalue weighted by molar-refractivity contribution is 7.99. The van der Waals surface area contributed by atoms with Crippen molar-refractivity contribution in [3.63, 3.8) is 0 Å². The van der Waals surface area contributed by atoms with E-state index in [1.165, 1.54) is 49.0 Å². The van der Waals surface area contributed by atoms with Gasteiger partial charge in [-0.15, -0.1) is 11.8 Å². The van der Waals surface area contributed by atoms with Gasteiger partial charge in [0.1, 0.15) is 5.82 Å². The number of nitrogens with zero attached hydrogens (tertiary/aromatic N) is 3. The standard InChI is InChI=1S/C38H36Cl2N4O3S2/c39-30-16-17-34(35(40)22-30)36-24-43(31-9-5-10-32(23-31)44-25-38(45)42-49(44,46)47)37(41-36)20-27-12-14-28(15-13-27)29-8-4-11-33(21-29)48-19-18-26-6-2-1-3-7-26/h4-5,8-17,21-26,42,45H,1-3,6-7,18-20H2. The van der Waals surface area contributed by atoms with Crippen molar-refractivity contribution in [1.82, 2.24) is 14.3 Å². The zero-order valence-electron chi connectivity index (χ0n) is 26.7. The molecular formula is C38H36Cl2N4O3S2. The zero-order chi connectivity index (χ0) is 34.0. The Hall–Kier alpha value is -3.89. The van der Waals surface area contributed by atoms with Gasteiger partial charge >= 0.3 is 10.2 Å². The van der Waals surface area contributed by atoms with E-state index in [2.05, 4.69) is 53.3 Å². The summed E-state index contributed by atoms with van der Waals surface area (Å²) in [4.78, 5) is 6.31. The first-order chi connectivity index (χ1) is 23.7. The van der Waals surface area contributed by atoms with Gasteiger partial charge in [-0.1, -0.05) is 97.8 Å². The smallest absolute Gasteiger partial charge is 0.330 e. The number of nitrogens with one attached hydrogen (secondary N) is 1. The summed E-state index contributed by atoms with van der Waals surface area (Å²) >= 11 is 14.7. The zero-order valence-corrected chi connectivity index (χ0v) is 29.9. The van der Waals surface area contributed by atoms with Gasteiger partial charge < -0.3 is 9.67 Å². The third kappa shape index (κ3) is 7.80. The van der Waals surface area contributed by atoms with Crippen LogP contribution in [0.15, 0.2) is 114 Å². The molecule has 0 radical (unpaired) electrons. The average Bonchev–Trinajstić information content (AvgIpc) is 3.64. The topological polar surface area (TPSA) is 87.5 Å². The lowest BCUT2D eigenvalue weighted by Gasteiger charge is -2.21. The second-order valence-electron chi connectivity index (χ2n) is 12.5. The van der Waals surface area contributed by atoms with Crippen LogP contribution in [0.2, 0.25) is 10.0 Å². The van der Waals surface area contributed by atoms with Gasteiger partial charge in [0.2, 0.25) is 5.88 Å². The molecule has 2 heterocycles. The fourth-order valence-corrected chi connectivity index (χ4v) is 9.18. The summed E-state index contributed by atoms with van der Waals surface area (Å²) in [5, 5.41) is 10.8. The van der Waals surface area contributed by atoms with Gasteiger partial charge in [-0.2, -0.15) is 8.42 Å². The van der Waals surface area contributed by atoms with E-state index in [-0.39, 0.29) is 0 Å². The number of imidazole rings is 1. The van der Waals surface area contributed by atoms with Gasteiger partial charge in [-0.3, -0.25) is 0 Å². The van der Waals surface area contributed by atoms with E-state index >= 15 is 0 Å². The number of halogens is 2. The van der Waals surface area contributed by atoms with Crippen LogP contribution in [0.1, 0.15) is 49.9 Å². The van der Waals surface area contributed by atoms with Crippen molar-refractivity contribution in [3.8, 4) is 28.1 Å². The van der Waals surface area contributed by atoms with Crippen LogP contribution in [0.4, 0.5) is 5.69 Å². The maximum Gasteiger partial charge on any atom is 0.330 e. The summed E-state index contributed by atoms with van der Waals surface area (Å²) in [6, 6.07) is 29.7. The number of benzene rings is 4. The fourth-order valence-electron chi connectivity index (χ4n) is 6.56. The van der Waals surface area contributed by atoms with E-state index in [9.17, 15) is 13.5 Å². The maximum absolute atomic E-state index is 12.6. The molecule has 0 amide bonds. The molecule has 4 aromatic carbocycles. The summed E-state index contributed by atoms with van der Waals surface area (Å²) in [6.07, 6.45) is 11.8. The molecule has 0 spiro atoms. The van der Waals surface area contributed by atoms with Gasteiger partial charge in [-0.25, -0.2) is 14.0 Å². The summed E-state index contributed by atoms with van der Waals surface area (Å²) in [6.45, 7) is 0. The third-order valence-corrected chi connectivity index (χ3v) is 12.0. The van der Waals surface area contributed by atoms with Crippen molar-refractivity contribution >= 4 is 50.9 Å². The molecule has 1 aliphatic carbocycles. The molecule has 2 aliphatic rings. The summed E-state index contributed by atoms with van der Waals surface area (Å²) < 4.78 is 30.2. The highest BCUT2D eigenvalue weighted by atomic mass is 35.5. The minimum absolute atomic E-state index is 0.360. The lowest BCUT2D eigenvalue weighted by molar-refractivity contribution is 0.351. The van der Waals surface area contributed by atoms with Crippen molar-refractivity contribution in [2.24, 2.45) is 5.92 Å². The number of aliphatic hydroxyl groups excluding tert-OH is 1. The van der Waals surface area contributed by atoms with Gasteiger partial charge in [0.05, 0.1) is 22.6 Å². The Bertz CT molecular complexity index is 2110. The van der Waals surface area contributed by atoms with Crippen LogP contribution < -0.4 is 9.03 Å². The van der Waals surface area contributed by atoms with E-state index in [4.69, 9.17) is 28.2 Å². The molecule has 7 nitrogen and oxygen atoms in total. The Morgan fingerprint density at radius 1 is 0.878 bits per heavy atom. The largest absolute Gasteiger partial charge is 0.493 e. The van der Waals surface area contributed by atoms with Crippen LogP contribution in [0, 0.1) is 5.92 Å². The van der Waals surface area contributed by atoms with Crippen molar-refractivity contribution in [2.45, 2.75) is 49.8 Å². The molecule has 7 rings (SSSR count). The van der Waals surface area contributed by atoms with Gasteiger partial charge in [-0.05, 0) is 83.3 Å². The molecule has 0 atom stereocenters. The predicted octanol–water partition coefficient (Wildman–Crippen LogP) is 10.2. The second-order valence-corrected chi connectivity index (χ2v) is 16.1. The summed E-state index contributed by atoms with van der Waals surface area (Å²) in [5.41, 5.74) is 5.85. The molecule has 2 N–H and O–H groups in total. The minimum Gasteiger partial charge on any atom is -0.493 e.